The first-order chi connectivity index (χ1) is 9.33. The molecule has 0 aliphatic heterocycles. The van der Waals surface area contributed by atoms with Crippen LogP contribution in [0.5, 0.6) is 23.0 Å². The molecule has 0 heterocycles. The second-order valence-electron chi connectivity index (χ2n) is 3.88. The minimum Gasteiger partial charge on any atom is -0.493 e. The Morgan fingerprint density at radius 2 is 1.55 bits per heavy atom. The summed E-state index contributed by atoms with van der Waals surface area (Å²) in [6.45, 7) is -2.81. The summed E-state index contributed by atoms with van der Waals surface area (Å²) >= 11 is 0. The molecule has 0 bridgehead atoms. The van der Waals surface area contributed by atoms with Crippen LogP contribution in [-0.2, 0) is 0 Å². The van der Waals surface area contributed by atoms with Gasteiger partial charge in [-0.25, -0.2) is 0 Å². The zero-order valence-corrected chi connectivity index (χ0v) is 11.4. The summed E-state index contributed by atoms with van der Waals surface area (Å²) in [5, 5.41) is 0. The van der Waals surface area contributed by atoms with Crippen LogP contribution in [0, 0.1) is 0 Å². The number of ether oxygens (including phenoxy) is 4. The van der Waals surface area contributed by atoms with Gasteiger partial charge in [-0.05, 0) is 0 Å². The van der Waals surface area contributed by atoms with Gasteiger partial charge < -0.3 is 31.9 Å². The summed E-state index contributed by atoms with van der Waals surface area (Å²) in [6, 6.07) is 2.83. The van der Waals surface area contributed by atoms with Crippen molar-refractivity contribution in [2.45, 2.75) is 0 Å². The normalized spacial score (nSPS) is 10.9. The molecule has 1 aromatic rings. The van der Waals surface area contributed by atoms with Gasteiger partial charge in [0.1, 0.15) is 5.75 Å². The van der Waals surface area contributed by atoms with E-state index in [9.17, 15) is 12.9 Å². The topological polar surface area (TPSA) is 36.9 Å². The van der Waals surface area contributed by atoms with Gasteiger partial charge in [0.2, 0.25) is 5.75 Å². The number of methoxy groups -OCH3 is 3. The number of rotatable bonds is 7. The van der Waals surface area contributed by atoms with Crippen molar-refractivity contribution >= 4 is 6.98 Å². The molecule has 0 N–H and O–H groups in total. The van der Waals surface area contributed by atoms with Crippen molar-refractivity contribution in [3.05, 3.63) is 24.2 Å². The molecule has 0 saturated heterocycles. The highest BCUT2D eigenvalue weighted by atomic mass is 19.4. The smallest absolute Gasteiger partial charge is 0.493 e. The van der Waals surface area contributed by atoms with Crippen molar-refractivity contribution in [3.8, 4) is 23.0 Å². The van der Waals surface area contributed by atoms with Crippen LogP contribution in [0.25, 0.3) is 0 Å². The Bertz CT molecular complexity index is 463. The Morgan fingerprint density at radius 3 is 1.90 bits per heavy atom. The van der Waals surface area contributed by atoms with Crippen LogP contribution >= 0.6 is 0 Å². The van der Waals surface area contributed by atoms with E-state index in [0.29, 0.717) is 17.2 Å². The molecule has 20 heavy (non-hydrogen) atoms. The van der Waals surface area contributed by atoms with E-state index in [0.717, 1.165) is 0 Å². The molecule has 0 aliphatic rings. The molecule has 0 aliphatic carbocycles. The number of benzene rings is 1. The Balaban J connectivity index is 2.94. The van der Waals surface area contributed by atoms with Crippen LogP contribution in [0.1, 0.15) is 0 Å². The molecule has 0 unspecified atom stereocenters. The minimum atomic E-state index is -5.11. The largest absolute Gasteiger partial charge is 0.508 e. The third kappa shape index (κ3) is 3.75. The first kappa shape index (κ1) is 16.1. The fraction of sp³-hybridized carbons (Fsp3) is 0.333. The second-order valence-corrected chi connectivity index (χ2v) is 3.88. The van der Waals surface area contributed by atoms with Crippen LogP contribution in [-0.4, -0.2) is 34.9 Å². The van der Waals surface area contributed by atoms with Crippen molar-refractivity contribution in [3.63, 3.8) is 0 Å². The average Bonchev–Trinajstić information content (AvgIpc) is 2.42. The van der Waals surface area contributed by atoms with Gasteiger partial charge in [-0.2, -0.15) is 0 Å². The van der Waals surface area contributed by atoms with Crippen LogP contribution in [0.2, 0.25) is 0 Å². The quantitative estimate of drug-likeness (QED) is 0.724. The highest BCUT2D eigenvalue weighted by Gasteiger charge is 2.27. The average molecular weight is 291 g/mol. The molecule has 0 fully saturated rings. The first-order valence-corrected chi connectivity index (χ1v) is 5.64. The summed E-state index contributed by atoms with van der Waals surface area (Å²) in [4.78, 5) is 0. The van der Waals surface area contributed by atoms with E-state index in [-0.39, 0.29) is 5.75 Å². The maximum atomic E-state index is 12.4. The highest BCUT2D eigenvalue weighted by molar-refractivity contribution is 6.66. The summed E-state index contributed by atoms with van der Waals surface area (Å²) in [5.41, 5.74) is -0.918. The van der Waals surface area contributed by atoms with Gasteiger partial charge in [0, 0.05) is 12.1 Å². The van der Waals surface area contributed by atoms with Gasteiger partial charge in [-0.1, -0.05) is 0 Å². The van der Waals surface area contributed by atoms with E-state index in [4.69, 9.17) is 18.9 Å². The first-order valence-electron chi connectivity index (χ1n) is 5.64. The van der Waals surface area contributed by atoms with E-state index in [1.165, 1.54) is 33.5 Å². The van der Waals surface area contributed by atoms with Gasteiger partial charge >= 0.3 is 6.98 Å². The van der Waals surface area contributed by atoms with E-state index in [2.05, 4.69) is 6.58 Å². The summed E-state index contributed by atoms with van der Waals surface area (Å²) < 4.78 is 57.4. The van der Waals surface area contributed by atoms with Gasteiger partial charge in [0.05, 0.1) is 27.9 Å². The molecule has 0 saturated carbocycles. The lowest BCUT2D eigenvalue weighted by molar-refractivity contribution is 0.311. The monoisotopic (exact) mass is 291 g/mol. The summed E-state index contributed by atoms with van der Waals surface area (Å²) in [7, 11) is 4.23. The van der Waals surface area contributed by atoms with Crippen molar-refractivity contribution < 1.29 is 31.9 Å². The van der Waals surface area contributed by atoms with Crippen LogP contribution in [0.15, 0.2) is 24.2 Å². The van der Waals surface area contributed by atoms with Crippen molar-refractivity contribution in [2.24, 2.45) is 0 Å². The molecular weight excluding hydrogens is 276 g/mol. The molecule has 4 nitrogen and oxygen atoms in total. The Morgan fingerprint density at radius 1 is 1.05 bits per heavy atom. The van der Waals surface area contributed by atoms with E-state index in [1.807, 2.05) is 0 Å². The predicted molar refractivity (Wildman–Crippen MR) is 69.8 cm³/mol. The number of hydrogen-bond acceptors (Lipinski definition) is 4. The van der Waals surface area contributed by atoms with Gasteiger partial charge in [-0.15, -0.1) is 12.1 Å². The SMILES string of the molecule is C=C(COc1cc(OC)c(OC)c(OC)c1)[B-](F)(F)F. The Kier molecular flexibility index (Phi) is 5.18. The molecule has 0 aromatic heterocycles. The van der Waals surface area contributed by atoms with Crippen molar-refractivity contribution in [1.29, 1.82) is 0 Å². The molecule has 112 valence electrons. The molecular formula is C12H15BF3O4-. The predicted octanol–water partition coefficient (Wildman–Crippen LogP) is 3.03. The van der Waals surface area contributed by atoms with E-state index < -0.39 is 19.1 Å². The van der Waals surface area contributed by atoms with E-state index in [1.54, 1.807) is 0 Å². The fourth-order valence-electron chi connectivity index (χ4n) is 1.41. The molecule has 0 spiro atoms. The fourth-order valence-corrected chi connectivity index (χ4v) is 1.41. The number of hydrogen-bond donors (Lipinski definition) is 0. The molecule has 1 aromatic carbocycles. The Labute approximate surface area is 115 Å². The summed E-state index contributed by atoms with van der Waals surface area (Å²) in [6.07, 6.45) is 0. The van der Waals surface area contributed by atoms with Crippen LogP contribution < -0.4 is 18.9 Å². The van der Waals surface area contributed by atoms with E-state index >= 15 is 0 Å². The number of halogens is 3. The molecule has 8 heteroatoms. The van der Waals surface area contributed by atoms with Crippen molar-refractivity contribution in [2.75, 3.05) is 27.9 Å². The maximum Gasteiger partial charge on any atom is 0.508 e. The van der Waals surface area contributed by atoms with Gasteiger partial charge in [-0.3, -0.25) is 0 Å². The zero-order valence-electron chi connectivity index (χ0n) is 11.4. The van der Waals surface area contributed by atoms with Crippen LogP contribution in [0.4, 0.5) is 12.9 Å². The maximum absolute atomic E-state index is 12.4. The standard InChI is InChI=1S/C12H15BF3O4/c1-8(13(14,15)16)7-20-9-5-10(17-2)12(19-4)11(6-9)18-3/h5-6H,1,7H2,2-4H3/q-1. The Hall–Kier alpha value is -1.99. The molecule has 0 amide bonds. The molecule has 0 radical (unpaired) electrons. The van der Waals surface area contributed by atoms with Gasteiger partial charge in [0.15, 0.2) is 11.5 Å². The lowest BCUT2D eigenvalue weighted by atomic mass is 9.81. The van der Waals surface area contributed by atoms with Crippen LogP contribution in [0.3, 0.4) is 0 Å². The third-order valence-corrected chi connectivity index (χ3v) is 2.53. The van der Waals surface area contributed by atoms with Crippen molar-refractivity contribution in [1.82, 2.24) is 0 Å². The minimum absolute atomic E-state index is 0.167. The highest BCUT2D eigenvalue weighted by Crippen LogP contribution is 2.40. The lowest BCUT2D eigenvalue weighted by Gasteiger charge is -2.19. The summed E-state index contributed by atoms with van der Waals surface area (Å²) in [5.74, 6) is 1.09. The zero-order chi connectivity index (χ0) is 15.3. The molecule has 1 rings (SSSR count). The lowest BCUT2D eigenvalue weighted by Crippen LogP contribution is -2.23. The second kappa shape index (κ2) is 6.45. The van der Waals surface area contributed by atoms with Gasteiger partial charge in [0.25, 0.3) is 0 Å². The molecule has 0 atom stereocenters. The third-order valence-electron chi connectivity index (χ3n) is 2.53.